The van der Waals surface area contributed by atoms with Crippen molar-refractivity contribution in [2.24, 2.45) is 7.05 Å². The van der Waals surface area contributed by atoms with Crippen LogP contribution in [-0.2, 0) is 7.05 Å². The van der Waals surface area contributed by atoms with Gasteiger partial charge in [-0.25, -0.2) is 4.98 Å². The fourth-order valence-corrected chi connectivity index (χ4v) is 3.73. The summed E-state index contributed by atoms with van der Waals surface area (Å²) in [5.74, 6) is -0.128. The number of hydrogen-bond acceptors (Lipinski definition) is 4. The Kier molecular flexibility index (Phi) is 4.06. The van der Waals surface area contributed by atoms with Crippen LogP contribution < -0.4 is 5.32 Å². The number of aliphatic hydroxyl groups excluding tert-OH is 1. The molecule has 0 saturated heterocycles. The van der Waals surface area contributed by atoms with Gasteiger partial charge in [-0.2, -0.15) is 0 Å². The predicted molar refractivity (Wildman–Crippen MR) is 87.0 cm³/mol. The van der Waals surface area contributed by atoms with Gasteiger partial charge in [-0.1, -0.05) is 12.8 Å². The SMILES string of the molecule is Cc1nc(-c2cc(C(=O)NC3(CO)CCCC3)n(C)c2)cs1. The van der Waals surface area contributed by atoms with E-state index in [0.717, 1.165) is 41.9 Å². The molecule has 1 aliphatic rings. The number of aromatic nitrogens is 2. The molecule has 1 fully saturated rings. The van der Waals surface area contributed by atoms with Crippen LogP contribution in [0.4, 0.5) is 0 Å². The predicted octanol–water partition coefficient (Wildman–Crippen LogP) is 2.49. The first-order valence-electron chi connectivity index (χ1n) is 7.55. The van der Waals surface area contributed by atoms with E-state index in [9.17, 15) is 9.90 Å². The summed E-state index contributed by atoms with van der Waals surface area (Å²) in [6, 6.07) is 1.86. The minimum absolute atomic E-state index is 0.00129. The van der Waals surface area contributed by atoms with E-state index in [4.69, 9.17) is 0 Å². The van der Waals surface area contributed by atoms with Crippen LogP contribution in [0.5, 0.6) is 0 Å². The fraction of sp³-hybridized carbons (Fsp3) is 0.500. The van der Waals surface area contributed by atoms with Crippen LogP contribution in [0.1, 0.15) is 41.2 Å². The molecular formula is C16H21N3O2S. The number of rotatable bonds is 4. The molecule has 2 heterocycles. The Morgan fingerprint density at radius 3 is 2.82 bits per heavy atom. The minimum Gasteiger partial charge on any atom is -0.394 e. The Bertz CT molecular complexity index is 683. The van der Waals surface area contributed by atoms with E-state index in [1.807, 2.05) is 36.2 Å². The van der Waals surface area contributed by atoms with Crippen molar-refractivity contribution < 1.29 is 9.90 Å². The number of nitrogens with zero attached hydrogens (tertiary/aromatic N) is 2. The average molecular weight is 319 g/mol. The maximum absolute atomic E-state index is 12.6. The van der Waals surface area contributed by atoms with Gasteiger partial charge in [-0.15, -0.1) is 11.3 Å². The zero-order chi connectivity index (χ0) is 15.7. The molecule has 0 aromatic carbocycles. The van der Waals surface area contributed by atoms with Crippen LogP contribution in [0.2, 0.25) is 0 Å². The third-order valence-electron chi connectivity index (χ3n) is 4.39. The summed E-state index contributed by atoms with van der Waals surface area (Å²) in [7, 11) is 1.86. The first-order valence-corrected chi connectivity index (χ1v) is 8.43. The van der Waals surface area contributed by atoms with E-state index >= 15 is 0 Å². The molecule has 1 saturated carbocycles. The first-order chi connectivity index (χ1) is 10.5. The second-order valence-electron chi connectivity index (χ2n) is 6.08. The van der Waals surface area contributed by atoms with Crippen molar-refractivity contribution in [3.8, 4) is 11.3 Å². The average Bonchev–Trinajstić information content (AvgIpc) is 3.19. The Morgan fingerprint density at radius 1 is 1.50 bits per heavy atom. The van der Waals surface area contributed by atoms with Crippen LogP contribution in [0.25, 0.3) is 11.3 Å². The molecule has 6 heteroatoms. The standard InChI is InChI=1S/C16H21N3O2S/c1-11-17-13(9-22-11)12-7-14(19(2)8-12)15(21)18-16(10-20)5-3-4-6-16/h7-9,20H,3-6,10H2,1-2H3,(H,18,21). The number of carbonyl (C=O) groups excluding carboxylic acids is 1. The highest BCUT2D eigenvalue weighted by Crippen LogP contribution is 2.30. The van der Waals surface area contributed by atoms with E-state index in [2.05, 4.69) is 10.3 Å². The number of carbonyl (C=O) groups is 1. The quantitative estimate of drug-likeness (QED) is 0.910. The Labute approximate surface area is 134 Å². The molecular weight excluding hydrogens is 298 g/mol. The molecule has 2 N–H and O–H groups in total. The monoisotopic (exact) mass is 319 g/mol. The molecule has 0 spiro atoms. The third-order valence-corrected chi connectivity index (χ3v) is 5.17. The van der Waals surface area contributed by atoms with Crippen molar-refractivity contribution in [3.05, 3.63) is 28.3 Å². The molecule has 2 aromatic heterocycles. The number of thiazole rings is 1. The van der Waals surface area contributed by atoms with Crippen molar-refractivity contribution >= 4 is 17.2 Å². The molecule has 1 aliphatic carbocycles. The topological polar surface area (TPSA) is 67.2 Å². The zero-order valence-electron chi connectivity index (χ0n) is 12.9. The maximum Gasteiger partial charge on any atom is 0.268 e. The summed E-state index contributed by atoms with van der Waals surface area (Å²) < 4.78 is 1.82. The van der Waals surface area contributed by atoms with E-state index in [1.54, 1.807) is 11.3 Å². The highest BCUT2D eigenvalue weighted by Gasteiger charge is 2.35. The second-order valence-corrected chi connectivity index (χ2v) is 7.14. The molecule has 0 aliphatic heterocycles. The third kappa shape index (κ3) is 2.80. The minimum atomic E-state index is -0.446. The lowest BCUT2D eigenvalue weighted by Crippen LogP contribution is -2.49. The molecule has 0 radical (unpaired) electrons. The Balaban J connectivity index is 1.82. The summed E-state index contributed by atoms with van der Waals surface area (Å²) in [4.78, 5) is 17.0. The molecule has 2 aromatic rings. The van der Waals surface area contributed by atoms with Crippen LogP contribution in [0.3, 0.4) is 0 Å². The van der Waals surface area contributed by atoms with Gasteiger partial charge in [0.15, 0.2) is 0 Å². The molecule has 1 amide bonds. The van der Waals surface area contributed by atoms with Gasteiger partial charge in [0.2, 0.25) is 0 Å². The van der Waals surface area contributed by atoms with Crippen molar-refractivity contribution in [2.75, 3.05) is 6.61 Å². The zero-order valence-corrected chi connectivity index (χ0v) is 13.7. The molecule has 0 bridgehead atoms. The second kappa shape index (κ2) is 5.85. The highest BCUT2D eigenvalue weighted by molar-refractivity contribution is 7.09. The largest absolute Gasteiger partial charge is 0.394 e. The van der Waals surface area contributed by atoms with Gasteiger partial charge in [-0.3, -0.25) is 4.79 Å². The normalized spacial score (nSPS) is 16.9. The Hall–Kier alpha value is -1.66. The van der Waals surface area contributed by atoms with Gasteiger partial charge in [0.25, 0.3) is 5.91 Å². The first kappa shape index (κ1) is 15.2. The highest BCUT2D eigenvalue weighted by atomic mass is 32.1. The van der Waals surface area contributed by atoms with Crippen LogP contribution in [0.15, 0.2) is 17.6 Å². The van der Waals surface area contributed by atoms with Crippen molar-refractivity contribution in [1.82, 2.24) is 14.9 Å². The molecule has 0 atom stereocenters. The number of amides is 1. The number of aryl methyl sites for hydroxylation is 2. The number of hydrogen-bond donors (Lipinski definition) is 2. The fourth-order valence-electron chi connectivity index (χ4n) is 3.11. The smallest absolute Gasteiger partial charge is 0.268 e. The van der Waals surface area contributed by atoms with E-state index < -0.39 is 5.54 Å². The Morgan fingerprint density at radius 2 is 2.23 bits per heavy atom. The number of aliphatic hydroxyl groups is 1. The van der Waals surface area contributed by atoms with Crippen LogP contribution in [-0.4, -0.2) is 32.7 Å². The lowest BCUT2D eigenvalue weighted by molar-refractivity contribution is 0.0830. The molecule has 0 unspecified atom stereocenters. The summed E-state index contributed by atoms with van der Waals surface area (Å²) >= 11 is 1.60. The lowest BCUT2D eigenvalue weighted by atomic mass is 9.98. The van der Waals surface area contributed by atoms with Gasteiger partial charge in [0, 0.05) is 24.2 Å². The van der Waals surface area contributed by atoms with Crippen molar-refractivity contribution in [2.45, 2.75) is 38.1 Å². The van der Waals surface area contributed by atoms with Gasteiger partial charge >= 0.3 is 0 Å². The maximum atomic E-state index is 12.6. The van der Waals surface area contributed by atoms with Crippen LogP contribution in [0, 0.1) is 6.92 Å². The van der Waals surface area contributed by atoms with Crippen LogP contribution >= 0.6 is 11.3 Å². The summed E-state index contributed by atoms with van der Waals surface area (Å²) in [5, 5.41) is 15.7. The van der Waals surface area contributed by atoms with E-state index in [1.165, 1.54) is 0 Å². The van der Waals surface area contributed by atoms with E-state index in [-0.39, 0.29) is 12.5 Å². The summed E-state index contributed by atoms with van der Waals surface area (Å²) in [5.41, 5.74) is 2.00. The molecule has 22 heavy (non-hydrogen) atoms. The molecule has 5 nitrogen and oxygen atoms in total. The number of nitrogens with one attached hydrogen (secondary N) is 1. The van der Waals surface area contributed by atoms with Gasteiger partial charge in [0.1, 0.15) is 5.69 Å². The van der Waals surface area contributed by atoms with Gasteiger partial charge < -0.3 is 15.0 Å². The molecule has 118 valence electrons. The van der Waals surface area contributed by atoms with E-state index in [0.29, 0.717) is 5.69 Å². The summed E-state index contributed by atoms with van der Waals surface area (Å²) in [6.07, 6.45) is 5.72. The van der Waals surface area contributed by atoms with Gasteiger partial charge in [0.05, 0.1) is 22.8 Å². The van der Waals surface area contributed by atoms with Gasteiger partial charge in [-0.05, 0) is 25.8 Å². The van der Waals surface area contributed by atoms with Crippen molar-refractivity contribution in [1.29, 1.82) is 0 Å². The molecule has 3 rings (SSSR count). The lowest BCUT2D eigenvalue weighted by Gasteiger charge is -2.27. The summed E-state index contributed by atoms with van der Waals surface area (Å²) in [6.45, 7) is 1.97. The van der Waals surface area contributed by atoms with Crippen molar-refractivity contribution in [3.63, 3.8) is 0 Å².